The number of benzene rings is 2. The Morgan fingerprint density at radius 2 is 1.75 bits per heavy atom. The van der Waals surface area contributed by atoms with E-state index in [1.54, 1.807) is 11.0 Å². The molecule has 40 heavy (non-hydrogen) atoms. The van der Waals surface area contributed by atoms with E-state index < -0.39 is 0 Å². The van der Waals surface area contributed by atoms with E-state index in [4.69, 9.17) is 0 Å². The highest BCUT2D eigenvalue weighted by molar-refractivity contribution is 5.95. The number of hydrogen-bond acceptors (Lipinski definition) is 5. The molecule has 2 atom stereocenters. The van der Waals surface area contributed by atoms with E-state index in [2.05, 4.69) is 62.3 Å². The summed E-state index contributed by atoms with van der Waals surface area (Å²) in [5.74, 6) is 0.185. The summed E-state index contributed by atoms with van der Waals surface area (Å²) in [7, 11) is 0. The maximum Gasteiger partial charge on any atom is 0.229 e. The lowest BCUT2D eigenvalue weighted by Crippen LogP contribution is -2.52. The Morgan fingerprint density at radius 1 is 0.975 bits per heavy atom. The minimum absolute atomic E-state index is 0.104. The highest BCUT2D eigenvalue weighted by Crippen LogP contribution is 2.32. The first-order chi connectivity index (χ1) is 19.5. The second-order valence-electron chi connectivity index (χ2n) is 11.5. The largest absolute Gasteiger partial charge is 0.337 e. The van der Waals surface area contributed by atoms with Gasteiger partial charge in [0, 0.05) is 62.8 Å². The molecule has 2 bridgehead atoms. The summed E-state index contributed by atoms with van der Waals surface area (Å²) in [5.41, 5.74) is 3.26. The Hall–Kier alpha value is -3.52. The van der Waals surface area contributed by atoms with Gasteiger partial charge in [0.15, 0.2) is 0 Å². The van der Waals surface area contributed by atoms with Crippen molar-refractivity contribution in [3.05, 3.63) is 78.4 Å². The molecule has 1 aromatic heterocycles. The molecule has 2 aliphatic rings. The minimum Gasteiger partial charge on any atom is -0.337 e. The van der Waals surface area contributed by atoms with Gasteiger partial charge in [0.05, 0.1) is 0 Å². The standard InChI is InChI=1S/C32H42N6O2/c1-25(2)32(40)37-19-17-28-13-8-14-29(38(28)20-26-10-4-3-5-11-26)22-35(21-27-12-6-7-15-30(27)37)31(39)16-9-18-36-24-33-23-34-36/h3-7,10-12,15,23-25,28-29H,8-9,13-14,16-22H2,1-2H3. The summed E-state index contributed by atoms with van der Waals surface area (Å²) in [6.45, 7) is 7.34. The molecule has 1 saturated heterocycles. The topological polar surface area (TPSA) is 74.6 Å². The molecule has 0 saturated carbocycles. The lowest BCUT2D eigenvalue weighted by atomic mass is 9.92. The van der Waals surface area contributed by atoms with Crippen molar-refractivity contribution in [3.63, 3.8) is 0 Å². The number of fused-ring (bicyclic) bond motifs is 3. The van der Waals surface area contributed by atoms with E-state index in [1.165, 1.54) is 11.9 Å². The smallest absolute Gasteiger partial charge is 0.229 e. The average molecular weight is 543 g/mol. The molecular weight excluding hydrogens is 500 g/mol. The lowest BCUT2D eigenvalue weighted by Gasteiger charge is -2.44. The number of piperidine rings is 1. The van der Waals surface area contributed by atoms with Crippen molar-refractivity contribution in [1.82, 2.24) is 24.6 Å². The third kappa shape index (κ3) is 6.78. The predicted octanol–water partition coefficient (Wildman–Crippen LogP) is 4.90. The van der Waals surface area contributed by atoms with Crippen LogP contribution in [0.5, 0.6) is 0 Å². The van der Waals surface area contributed by atoms with Crippen LogP contribution in [0.2, 0.25) is 0 Å². The third-order valence-electron chi connectivity index (χ3n) is 8.34. The van der Waals surface area contributed by atoms with E-state index >= 15 is 0 Å². The molecule has 2 aliphatic heterocycles. The number of carbonyl (C=O) groups is 2. The van der Waals surface area contributed by atoms with Gasteiger partial charge < -0.3 is 9.80 Å². The zero-order valence-corrected chi connectivity index (χ0v) is 23.9. The maximum atomic E-state index is 13.8. The average Bonchev–Trinajstić information content (AvgIpc) is 3.48. The highest BCUT2D eigenvalue weighted by Gasteiger charge is 2.35. The first-order valence-electron chi connectivity index (χ1n) is 14.8. The van der Waals surface area contributed by atoms with Crippen LogP contribution < -0.4 is 4.90 Å². The molecule has 0 N–H and O–H groups in total. The van der Waals surface area contributed by atoms with E-state index in [1.807, 2.05) is 30.9 Å². The van der Waals surface area contributed by atoms with Gasteiger partial charge in [-0.2, -0.15) is 5.10 Å². The summed E-state index contributed by atoms with van der Waals surface area (Å²) in [5, 5.41) is 4.18. The molecule has 8 nitrogen and oxygen atoms in total. The van der Waals surface area contributed by atoms with E-state index in [0.29, 0.717) is 45.1 Å². The summed E-state index contributed by atoms with van der Waals surface area (Å²) in [6.07, 6.45) is 8.62. The molecule has 0 aliphatic carbocycles. The number of aromatic nitrogens is 3. The molecule has 5 rings (SSSR count). The van der Waals surface area contributed by atoms with E-state index in [9.17, 15) is 9.59 Å². The number of aryl methyl sites for hydroxylation is 1. The minimum atomic E-state index is -0.104. The molecule has 212 valence electrons. The van der Waals surface area contributed by atoms with Gasteiger partial charge in [0.25, 0.3) is 0 Å². The molecule has 2 aromatic carbocycles. The van der Waals surface area contributed by atoms with E-state index in [-0.39, 0.29) is 23.8 Å². The Bertz CT molecular complexity index is 1250. The van der Waals surface area contributed by atoms with Crippen molar-refractivity contribution in [1.29, 1.82) is 0 Å². The van der Waals surface area contributed by atoms with Gasteiger partial charge in [0.1, 0.15) is 12.7 Å². The number of nitrogens with zero attached hydrogens (tertiary/aromatic N) is 6. The quantitative estimate of drug-likeness (QED) is 0.425. The number of para-hydroxylation sites is 1. The fourth-order valence-electron chi connectivity index (χ4n) is 6.24. The van der Waals surface area contributed by atoms with Gasteiger partial charge in [-0.05, 0) is 42.9 Å². The molecule has 1 fully saturated rings. The fraction of sp³-hybridized carbons (Fsp3) is 0.500. The number of anilines is 1. The number of amides is 2. The van der Waals surface area contributed by atoms with Gasteiger partial charge >= 0.3 is 0 Å². The van der Waals surface area contributed by atoms with Crippen molar-refractivity contribution < 1.29 is 9.59 Å². The van der Waals surface area contributed by atoms with E-state index in [0.717, 1.165) is 43.5 Å². The summed E-state index contributed by atoms with van der Waals surface area (Å²) >= 11 is 0. The van der Waals surface area contributed by atoms with Crippen molar-refractivity contribution in [3.8, 4) is 0 Å². The van der Waals surface area contributed by atoms with Crippen LogP contribution in [0.1, 0.15) is 63.5 Å². The van der Waals surface area contributed by atoms with Crippen LogP contribution in [-0.2, 0) is 29.2 Å². The zero-order valence-electron chi connectivity index (χ0n) is 23.9. The molecule has 2 amide bonds. The maximum absolute atomic E-state index is 13.8. The van der Waals surface area contributed by atoms with Crippen LogP contribution in [0, 0.1) is 5.92 Å². The predicted molar refractivity (Wildman–Crippen MR) is 156 cm³/mol. The Balaban J connectivity index is 1.47. The number of rotatable bonds is 7. The number of carbonyl (C=O) groups excluding carboxylic acids is 2. The summed E-state index contributed by atoms with van der Waals surface area (Å²) in [6, 6.07) is 19.4. The molecule has 2 unspecified atom stereocenters. The Morgan fingerprint density at radius 3 is 2.52 bits per heavy atom. The van der Waals surface area contributed by atoms with Crippen LogP contribution in [0.4, 0.5) is 5.69 Å². The SMILES string of the molecule is CC(C)C(=O)N1CCC2CCCC(CN(C(=O)CCCn3cncn3)Cc3ccccc31)N2Cc1ccccc1. The molecule has 8 heteroatoms. The van der Waals surface area contributed by atoms with Gasteiger partial charge in [-0.1, -0.05) is 68.8 Å². The lowest BCUT2D eigenvalue weighted by molar-refractivity contribution is -0.133. The molecule has 3 heterocycles. The first-order valence-corrected chi connectivity index (χ1v) is 14.8. The molecule has 3 aromatic rings. The normalized spacial score (nSPS) is 20.2. The van der Waals surface area contributed by atoms with Gasteiger partial charge in [0.2, 0.25) is 11.8 Å². The highest BCUT2D eigenvalue weighted by atomic mass is 16.2. The molecule has 0 spiro atoms. The van der Waals surface area contributed by atoms with Gasteiger partial charge in [-0.25, -0.2) is 4.98 Å². The van der Waals surface area contributed by atoms with Gasteiger partial charge in [-0.3, -0.25) is 19.2 Å². The summed E-state index contributed by atoms with van der Waals surface area (Å²) in [4.78, 5) is 38.0. The van der Waals surface area contributed by atoms with Crippen LogP contribution in [0.25, 0.3) is 0 Å². The second kappa shape index (κ2) is 13.2. The van der Waals surface area contributed by atoms with Crippen LogP contribution in [0.15, 0.2) is 67.3 Å². The van der Waals surface area contributed by atoms with Crippen LogP contribution >= 0.6 is 0 Å². The number of hydrogen-bond donors (Lipinski definition) is 0. The summed E-state index contributed by atoms with van der Waals surface area (Å²) < 4.78 is 1.78. The van der Waals surface area contributed by atoms with Crippen LogP contribution in [0.3, 0.4) is 0 Å². The molecular formula is C32H42N6O2. The van der Waals surface area contributed by atoms with Crippen molar-refractivity contribution >= 4 is 17.5 Å². The second-order valence-corrected chi connectivity index (χ2v) is 11.5. The first kappa shape index (κ1) is 28.0. The van der Waals surface area contributed by atoms with Gasteiger partial charge in [-0.15, -0.1) is 0 Å². The van der Waals surface area contributed by atoms with Crippen molar-refractivity contribution in [2.75, 3.05) is 18.0 Å². The third-order valence-corrected chi connectivity index (χ3v) is 8.34. The van der Waals surface area contributed by atoms with Crippen LogP contribution in [-0.4, -0.2) is 61.6 Å². The Labute approximate surface area is 238 Å². The monoisotopic (exact) mass is 542 g/mol. The Kier molecular flexibility index (Phi) is 9.26. The molecule has 0 radical (unpaired) electrons. The van der Waals surface area contributed by atoms with Crippen molar-refractivity contribution in [2.24, 2.45) is 5.92 Å². The van der Waals surface area contributed by atoms with Crippen molar-refractivity contribution in [2.45, 2.75) is 84.1 Å². The zero-order chi connectivity index (χ0) is 27.9. The fourth-order valence-corrected chi connectivity index (χ4v) is 6.24.